The van der Waals surface area contributed by atoms with Gasteiger partial charge in [-0.25, -0.2) is 9.97 Å². The first-order valence-electron chi connectivity index (χ1n) is 5.86. The average molecular weight is 296 g/mol. The summed E-state index contributed by atoms with van der Waals surface area (Å²) in [7, 11) is 0. The average Bonchev–Trinajstić information content (AvgIpc) is 2.11. The summed E-state index contributed by atoms with van der Waals surface area (Å²) in [5, 5.41) is 2.91. The molecule has 0 aliphatic rings. The minimum Gasteiger partial charge on any atom is -0.367 e. The van der Waals surface area contributed by atoms with Crippen LogP contribution in [0.2, 0.25) is 5.15 Å². The molecule has 0 saturated carbocycles. The second-order valence-electron chi connectivity index (χ2n) is 5.51. The van der Waals surface area contributed by atoms with Crippen LogP contribution in [0.15, 0.2) is 6.07 Å². The highest BCUT2D eigenvalue weighted by atomic mass is 35.5. The third-order valence-corrected chi connectivity index (χ3v) is 2.49. The summed E-state index contributed by atoms with van der Waals surface area (Å²) in [6.45, 7) is 7.16. The van der Waals surface area contributed by atoms with Crippen molar-refractivity contribution in [3.63, 3.8) is 0 Å². The summed E-state index contributed by atoms with van der Waals surface area (Å²) in [5.74, 6) is 0.795. The number of nitrogens with one attached hydrogen (secondary N) is 1. The summed E-state index contributed by atoms with van der Waals surface area (Å²) >= 11 is 5.86. The van der Waals surface area contributed by atoms with E-state index in [9.17, 15) is 13.2 Å². The maximum Gasteiger partial charge on any atom is 0.391 e. The smallest absolute Gasteiger partial charge is 0.367 e. The number of rotatable bonds is 3. The lowest BCUT2D eigenvalue weighted by Gasteiger charge is -2.20. The molecular formula is C12H17ClF3N3. The highest BCUT2D eigenvalue weighted by Gasteiger charge is 2.30. The van der Waals surface area contributed by atoms with Crippen LogP contribution < -0.4 is 5.32 Å². The van der Waals surface area contributed by atoms with E-state index in [4.69, 9.17) is 11.6 Å². The minimum atomic E-state index is -4.21. The molecule has 1 unspecified atom stereocenters. The molecule has 0 saturated heterocycles. The molecule has 3 nitrogen and oxygen atoms in total. The van der Waals surface area contributed by atoms with Crippen molar-refractivity contribution in [2.75, 3.05) is 5.32 Å². The fourth-order valence-electron chi connectivity index (χ4n) is 1.48. The van der Waals surface area contributed by atoms with E-state index in [1.54, 1.807) is 0 Å². The molecule has 0 aliphatic heterocycles. The van der Waals surface area contributed by atoms with Gasteiger partial charge in [0.25, 0.3) is 0 Å². The molecule has 7 heteroatoms. The summed E-state index contributed by atoms with van der Waals surface area (Å²) in [4.78, 5) is 8.28. The fraction of sp³-hybridized carbons (Fsp3) is 0.667. The van der Waals surface area contributed by atoms with Crippen LogP contribution in [-0.2, 0) is 5.41 Å². The predicted molar refractivity (Wildman–Crippen MR) is 69.5 cm³/mol. The Balaban J connectivity index is 2.87. The molecule has 0 aliphatic carbocycles. The second kappa shape index (κ2) is 5.53. The Morgan fingerprint density at radius 1 is 1.26 bits per heavy atom. The van der Waals surface area contributed by atoms with Crippen LogP contribution in [0.3, 0.4) is 0 Å². The van der Waals surface area contributed by atoms with E-state index in [0.717, 1.165) is 0 Å². The molecule has 0 amide bonds. The van der Waals surface area contributed by atoms with E-state index >= 15 is 0 Å². The molecule has 1 rings (SSSR count). The van der Waals surface area contributed by atoms with E-state index in [1.165, 1.54) is 13.0 Å². The lowest BCUT2D eigenvalue weighted by molar-refractivity contribution is -0.136. The van der Waals surface area contributed by atoms with E-state index in [0.29, 0.717) is 11.6 Å². The maximum absolute atomic E-state index is 12.3. The Morgan fingerprint density at radius 2 is 1.84 bits per heavy atom. The Labute approximate surface area is 115 Å². The van der Waals surface area contributed by atoms with Crippen molar-refractivity contribution in [1.82, 2.24) is 9.97 Å². The van der Waals surface area contributed by atoms with Crippen molar-refractivity contribution in [3.8, 4) is 0 Å². The van der Waals surface area contributed by atoms with Crippen LogP contribution in [0, 0.1) is 0 Å². The van der Waals surface area contributed by atoms with Crippen LogP contribution in [0.25, 0.3) is 0 Å². The van der Waals surface area contributed by atoms with Gasteiger partial charge in [0.15, 0.2) is 0 Å². The number of hydrogen-bond donors (Lipinski definition) is 1. The van der Waals surface area contributed by atoms with E-state index in [-0.39, 0.29) is 10.6 Å². The lowest BCUT2D eigenvalue weighted by Crippen LogP contribution is -2.25. The van der Waals surface area contributed by atoms with Crippen LogP contribution in [0.5, 0.6) is 0 Å². The first kappa shape index (κ1) is 16.0. The third-order valence-electron chi connectivity index (χ3n) is 2.30. The van der Waals surface area contributed by atoms with Crippen molar-refractivity contribution in [1.29, 1.82) is 0 Å². The van der Waals surface area contributed by atoms with Gasteiger partial charge in [0.05, 0.1) is 6.42 Å². The molecule has 0 radical (unpaired) electrons. The number of alkyl halides is 3. The molecule has 1 atom stereocenters. The number of halogens is 4. The van der Waals surface area contributed by atoms with Crippen molar-refractivity contribution in [2.45, 2.75) is 51.7 Å². The highest BCUT2D eigenvalue weighted by molar-refractivity contribution is 6.29. The zero-order chi connectivity index (χ0) is 14.8. The van der Waals surface area contributed by atoms with Gasteiger partial charge in [0.1, 0.15) is 16.8 Å². The fourth-order valence-corrected chi connectivity index (χ4v) is 1.66. The Kier molecular flexibility index (Phi) is 4.66. The van der Waals surface area contributed by atoms with E-state index in [1.807, 2.05) is 20.8 Å². The number of anilines is 1. The number of hydrogen-bond acceptors (Lipinski definition) is 3. The standard InChI is InChI=1S/C12H17ClF3N3/c1-7(6-12(14,15)16)17-9-5-8(13)18-10(19-9)11(2,3)4/h5,7H,6H2,1-4H3,(H,17,18,19). The molecule has 0 fully saturated rings. The largest absolute Gasteiger partial charge is 0.391 e. The molecule has 0 spiro atoms. The number of nitrogens with zero attached hydrogens (tertiary/aromatic N) is 2. The SMILES string of the molecule is CC(CC(F)(F)F)Nc1cc(Cl)nc(C(C)(C)C)n1. The third kappa shape index (κ3) is 5.63. The molecule has 0 aromatic carbocycles. The van der Waals surface area contributed by atoms with Gasteiger partial charge in [-0.15, -0.1) is 0 Å². The molecular weight excluding hydrogens is 279 g/mol. The van der Waals surface area contributed by atoms with Gasteiger partial charge in [0, 0.05) is 17.5 Å². The monoisotopic (exact) mass is 295 g/mol. The zero-order valence-electron chi connectivity index (χ0n) is 11.3. The van der Waals surface area contributed by atoms with Gasteiger partial charge in [-0.3, -0.25) is 0 Å². The van der Waals surface area contributed by atoms with E-state index < -0.39 is 18.6 Å². The molecule has 1 aromatic rings. The lowest BCUT2D eigenvalue weighted by atomic mass is 9.96. The van der Waals surface area contributed by atoms with Gasteiger partial charge >= 0.3 is 6.18 Å². The second-order valence-corrected chi connectivity index (χ2v) is 5.90. The van der Waals surface area contributed by atoms with Crippen molar-refractivity contribution in [3.05, 3.63) is 17.0 Å². The molecule has 1 heterocycles. The summed E-state index contributed by atoms with van der Waals surface area (Å²) < 4.78 is 36.8. The first-order valence-corrected chi connectivity index (χ1v) is 6.23. The van der Waals surface area contributed by atoms with Crippen molar-refractivity contribution >= 4 is 17.4 Å². The molecule has 108 valence electrons. The first-order chi connectivity index (χ1) is 8.47. The van der Waals surface area contributed by atoms with Gasteiger partial charge in [-0.2, -0.15) is 13.2 Å². The van der Waals surface area contributed by atoms with Crippen LogP contribution in [-0.4, -0.2) is 22.2 Å². The Morgan fingerprint density at radius 3 is 2.32 bits per heavy atom. The summed E-state index contributed by atoms with van der Waals surface area (Å²) in [6.07, 6.45) is -5.14. The van der Waals surface area contributed by atoms with Crippen LogP contribution in [0.4, 0.5) is 19.0 Å². The van der Waals surface area contributed by atoms with Crippen molar-refractivity contribution < 1.29 is 13.2 Å². The van der Waals surface area contributed by atoms with Gasteiger partial charge in [-0.05, 0) is 6.92 Å². The van der Waals surface area contributed by atoms with Crippen LogP contribution in [0.1, 0.15) is 39.9 Å². The maximum atomic E-state index is 12.3. The molecule has 1 N–H and O–H groups in total. The molecule has 19 heavy (non-hydrogen) atoms. The van der Waals surface area contributed by atoms with Gasteiger partial charge < -0.3 is 5.32 Å². The molecule has 1 aromatic heterocycles. The highest BCUT2D eigenvalue weighted by Crippen LogP contribution is 2.25. The van der Waals surface area contributed by atoms with Gasteiger partial charge in [0.2, 0.25) is 0 Å². The Bertz CT molecular complexity index is 441. The minimum absolute atomic E-state index is 0.210. The Hall–Kier alpha value is -1.04. The van der Waals surface area contributed by atoms with E-state index in [2.05, 4.69) is 15.3 Å². The van der Waals surface area contributed by atoms with Crippen molar-refractivity contribution in [2.24, 2.45) is 0 Å². The quantitative estimate of drug-likeness (QED) is 0.850. The normalized spacial score (nSPS) is 14.3. The number of aromatic nitrogens is 2. The zero-order valence-corrected chi connectivity index (χ0v) is 12.0. The summed E-state index contributed by atoms with van der Waals surface area (Å²) in [6, 6.07) is 0.641. The predicted octanol–water partition coefficient (Wildman–Crippen LogP) is 4.18. The topological polar surface area (TPSA) is 37.8 Å². The summed E-state index contributed by atoms with van der Waals surface area (Å²) in [5.41, 5.74) is -0.325. The van der Waals surface area contributed by atoms with Crippen LogP contribution >= 0.6 is 11.6 Å². The molecule has 0 bridgehead atoms. The van der Waals surface area contributed by atoms with Gasteiger partial charge in [-0.1, -0.05) is 32.4 Å².